The van der Waals surface area contributed by atoms with Crippen LogP contribution in [-0.4, -0.2) is 14.3 Å². The zero-order chi connectivity index (χ0) is 13.4. The van der Waals surface area contributed by atoms with Gasteiger partial charge < -0.3 is 10.3 Å². The minimum atomic E-state index is -0.00458. The van der Waals surface area contributed by atoms with Crippen LogP contribution in [0.4, 0.5) is 5.69 Å². The Balaban J connectivity index is 2.09. The van der Waals surface area contributed by atoms with Crippen molar-refractivity contribution in [1.82, 2.24) is 14.3 Å². The predicted octanol–water partition coefficient (Wildman–Crippen LogP) is 1.37. The van der Waals surface area contributed by atoms with Crippen molar-refractivity contribution in [3.05, 3.63) is 58.6 Å². The van der Waals surface area contributed by atoms with Gasteiger partial charge in [0, 0.05) is 29.9 Å². The Labute approximate surface area is 109 Å². The van der Waals surface area contributed by atoms with Crippen molar-refractivity contribution >= 4 is 16.6 Å². The van der Waals surface area contributed by atoms with Gasteiger partial charge in [0.1, 0.15) is 0 Å². The van der Waals surface area contributed by atoms with Crippen LogP contribution in [0.2, 0.25) is 0 Å². The fraction of sp³-hybridized carbons (Fsp3) is 0.143. The highest BCUT2D eigenvalue weighted by Crippen LogP contribution is 2.20. The molecule has 3 rings (SSSR count). The van der Waals surface area contributed by atoms with Gasteiger partial charge in [-0.05, 0) is 18.2 Å². The second-order valence-corrected chi connectivity index (χ2v) is 4.53. The number of pyridine rings is 1. The molecule has 3 aromatic rings. The van der Waals surface area contributed by atoms with Crippen LogP contribution in [0.15, 0.2) is 47.5 Å². The SMILES string of the molecule is Cn1cccc(Cn2ncc3c(N)cccc32)c1=O. The summed E-state index contributed by atoms with van der Waals surface area (Å²) in [5.41, 5.74) is 8.23. The third-order valence-corrected chi connectivity index (χ3v) is 3.24. The lowest BCUT2D eigenvalue weighted by Gasteiger charge is -2.05. The molecule has 0 atom stereocenters. The zero-order valence-electron chi connectivity index (χ0n) is 10.6. The number of rotatable bonds is 2. The normalized spacial score (nSPS) is 11.0. The first kappa shape index (κ1) is 11.5. The van der Waals surface area contributed by atoms with Gasteiger partial charge in [0.25, 0.3) is 5.56 Å². The van der Waals surface area contributed by atoms with Crippen LogP contribution in [0.3, 0.4) is 0 Å². The van der Waals surface area contributed by atoms with Gasteiger partial charge in [0.2, 0.25) is 0 Å². The molecule has 0 aliphatic carbocycles. The Bertz CT molecular complexity index is 801. The summed E-state index contributed by atoms with van der Waals surface area (Å²) < 4.78 is 3.36. The van der Waals surface area contributed by atoms with Gasteiger partial charge >= 0.3 is 0 Å². The lowest BCUT2D eigenvalue weighted by atomic mass is 10.2. The summed E-state index contributed by atoms with van der Waals surface area (Å²) in [6.45, 7) is 0.445. The number of nitrogen functional groups attached to an aromatic ring is 1. The Morgan fingerprint density at radius 1 is 1.26 bits per heavy atom. The number of aromatic nitrogens is 3. The molecule has 0 saturated carbocycles. The summed E-state index contributed by atoms with van der Waals surface area (Å²) in [6.07, 6.45) is 3.48. The van der Waals surface area contributed by atoms with Crippen molar-refractivity contribution in [3.63, 3.8) is 0 Å². The molecule has 2 aromatic heterocycles. The number of benzene rings is 1. The van der Waals surface area contributed by atoms with Crippen molar-refractivity contribution in [2.45, 2.75) is 6.54 Å². The highest BCUT2D eigenvalue weighted by Gasteiger charge is 2.07. The second-order valence-electron chi connectivity index (χ2n) is 4.53. The van der Waals surface area contributed by atoms with Crippen LogP contribution in [0.1, 0.15) is 5.56 Å². The molecule has 1 aromatic carbocycles. The fourth-order valence-corrected chi connectivity index (χ4v) is 2.19. The van der Waals surface area contributed by atoms with Crippen LogP contribution < -0.4 is 11.3 Å². The standard InChI is InChI=1S/C14H14N4O/c1-17-7-3-4-10(14(17)19)9-18-13-6-2-5-12(15)11(13)8-16-18/h2-8H,9,15H2,1H3. The number of hydrogen-bond acceptors (Lipinski definition) is 3. The monoisotopic (exact) mass is 254 g/mol. The maximum absolute atomic E-state index is 12.0. The predicted molar refractivity (Wildman–Crippen MR) is 74.9 cm³/mol. The summed E-state index contributed by atoms with van der Waals surface area (Å²) in [4.78, 5) is 12.0. The number of aryl methyl sites for hydroxylation is 1. The molecule has 2 N–H and O–H groups in total. The Morgan fingerprint density at radius 2 is 2.11 bits per heavy atom. The molecule has 0 spiro atoms. The average Bonchev–Trinajstić information content (AvgIpc) is 2.80. The van der Waals surface area contributed by atoms with Crippen LogP contribution >= 0.6 is 0 Å². The largest absolute Gasteiger partial charge is 0.398 e. The highest BCUT2D eigenvalue weighted by atomic mass is 16.1. The van der Waals surface area contributed by atoms with E-state index in [1.54, 1.807) is 28.7 Å². The summed E-state index contributed by atoms with van der Waals surface area (Å²) in [5.74, 6) is 0. The smallest absolute Gasteiger partial charge is 0.255 e. The van der Waals surface area contributed by atoms with E-state index in [1.807, 2.05) is 30.3 Å². The van der Waals surface area contributed by atoms with E-state index >= 15 is 0 Å². The van der Waals surface area contributed by atoms with Crippen molar-refractivity contribution in [1.29, 1.82) is 0 Å². The molecule has 5 nitrogen and oxygen atoms in total. The molecule has 96 valence electrons. The summed E-state index contributed by atoms with van der Waals surface area (Å²) >= 11 is 0. The molecular weight excluding hydrogens is 240 g/mol. The molecule has 0 radical (unpaired) electrons. The third-order valence-electron chi connectivity index (χ3n) is 3.24. The highest BCUT2D eigenvalue weighted by molar-refractivity contribution is 5.90. The summed E-state index contributed by atoms with van der Waals surface area (Å²) in [7, 11) is 1.74. The number of nitrogens with zero attached hydrogens (tertiary/aromatic N) is 3. The van der Waals surface area contributed by atoms with E-state index in [2.05, 4.69) is 5.10 Å². The number of hydrogen-bond donors (Lipinski definition) is 1. The first-order chi connectivity index (χ1) is 9.16. The van der Waals surface area contributed by atoms with Gasteiger partial charge in [-0.15, -0.1) is 0 Å². The van der Waals surface area contributed by atoms with Gasteiger partial charge in [0.05, 0.1) is 18.3 Å². The quantitative estimate of drug-likeness (QED) is 0.702. The fourth-order valence-electron chi connectivity index (χ4n) is 2.19. The van der Waals surface area contributed by atoms with E-state index in [0.717, 1.165) is 10.9 Å². The van der Waals surface area contributed by atoms with Crippen LogP contribution in [0, 0.1) is 0 Å². The van der Waals surface area contributed by atoms with Crippen LogP contribution in [0.25, 0.3) is 10.9 Å². The molecule has 0 unspecified atom stereocenters. The molecule has 0 fully saturated rings. The molecule has 0 aliphatic heterocycles. The molecule has 0 saturated heterocycles. The average molecular weight is 254 g/mol. The summed E-state index contributed by atoms with van der Waals surface area (Å²) in [6, 6.07) is 9.36. The topological polar surface area (TPSA) is 65.8 Å². The van der Waals surface area contributed by atoms with E-state index < -0.39 is 0 Å². The molecule has 0 bridgehead atoms. The molecule has 2 heterocycles. The number of fused-ring (bicyclic) bond motifs is 1. The maximum atomic E-state index is 12.0. The van der Waals surface area contributed by atoms with Gasteiger partial charge in [-0.3, -0.25) is 9.48 Å². The van der Waals surface area contributed by atoms with E-state index in [-0.39, 0.29) is 5.56 Å². The minimum Gasteiger partial charge on any atom is -0.398 e. The van der Waals surface area contributed by atoms with Gasteiger partial charge in [-0.2, -0.15) is 5.10 Å². The van der Waals surface area contributed by atoms with Crippen molar-refractivity contribution in [2.75, 3.05) is 5.73 Å². The molecule has 0 amide bonds. The maximum Gasteiger partial charge on any atom is 0.255 e. The molecule has 5 heteroatoms. The minimum absolute atomic E-state index is 0.00458. The summed E-state index contributed by atoms with van der Waals surface area (Å²) in [5, 5.41) is 5.22. The Hall–Kier alpha value is -2.56. The Morgan fingerprint density at radius 3 is 2.95 bits per heavy atom. The number of nitrogens with two attached hydrogens (primary N) is 1. The molecular formula is C14H14N4O. The van der Waals surface area contributed by atoms with E-state index in [0.29, 0.717) is 17.8 Å². The van der Waals surface area contributed by atoms with Gasteiger partial charge in [-0.1, -0.05) is 12.1 Å². The first-order valence-corrected chi connectivity index (χ1v) is 6.01. The molecule has 0 aliphatic rings. The van der Waals surface area contributed by atoms with Crippen molar-refractivity contribution < 1.29 is 0 Å². The lowest BCUT2D eigenvalue weighted by molar-refractivity contribution is 0.693. The zero-order valence-corrected chi connectivity index (χ0v) is 10.6. The lowest BCUT2D eigenvalue weighted by Crippen LogP contribution is -2.21. The Kier molecular flexibility index (Phi) is 2.59. The third kappa shape index (κ3) is 1.89. The van der Waals surface area contributed by atoms with Crippen molar-refractivity contribution in [3.8, 4) is 0 Å². The van der Waals surface area contributed by atoms with Crippen molar-refractivity contribution in [2.24, 2.45) is 7.05 Å². The van der Waals surface area contributed by atoms with Gasteiger partial charge in [-0.25, -0.2) is 0 Å². The van der Waals surface area contributed by atoms with Crippen LogP contribution in [-0.2, 0) is 13.6 Å². The van der Waals surface area contributed by atoms with E-state index in [9.17, 15) is 4.79 Å². The van der Waals surface area contributed by atoms with Crippen LogP contribution in [0.5, 0.6) is 0 Å². The first-order valence-electron chi connectivity index (χ1n) is 6.01. The van der Waals surface area contributed by atoms with E-state index in [4.69, 9.17) is 5.73 Å². The van der Waals surface area contributed by atoms with Gasteiger partial charge in [0.15, 0.2) is 0 Å². The number of anilines is 1. The van der Waals surface area contributed by atoms with E-state index in [1.165, 1.54) is 0 Å². The molecule has 19 heavy (non-hydrogen) atoms. The second kappa shape index (κ2) is 4.28.